The normalized spacial score (nSPS) is 14.4. The van der Waals surface area contributed by atoms with E-state index in [-0.39, 0.29) is 0 Å². The van der Waals surface area contributed by atoms with Crippen LogP contribution >= 0.6 is 0 Å². The first-order valence-corrected chi connectivity index (χ1v) is 13.4. The molecule has 3 heterocycles. The molecule has 182 valence electrons. The molecule has 7 rings (SSSR count). The van der Waals surface area contributed by atoms with Gasteiger partial charge < -0.3 is 4.42 Å². The number of hydrogen-bond donors (Lipinski definition) is 0. The highest BCUT2D eigenvalue weighted by molar-refractivity contribution is 6.12. The summed E-state index contributed by atoms with van der Waals surface area (Å²) in [4.78, 5) is 9.77. The van der Waals surface area contributed by atoms with Crippen molar-refractivity contribution in [2.75, 3.05) is 0 Å². The molecule has 1 aliphatic rings. The zero-order chi connectivity index (χ0) is 25.1. The largest absolute Gasteiger partial charge is 0.437 e. The number of aryl methyl sites for hydroxylation is 3. The first kappa shape index (κ1) is 22.2. The monoisotopic (exact) mass is 482 g/mol. The molecule has 6 aromatic rings. The lowest BCUT2D eigenvalue weighted by molar-refractivity contribution is 0.653. The Kier molecular flexibility index (Phi) is 5.14. The predicted octanol–water partition coefficient (Wildman–Crippen LogP) is 9.45. The van der Waals surface area contributed by atoms with Gasteiger partial charge in [-0.25, -0.2) is 4.98 Å². The predicted molar refractivity (Wildman–Crippen MR) is 153 cm³/mol. The zero-order valence-corrected chi connectivity index (χ0v) is 21.6. The highest BCUT2D eigenvalue weighted by Gasteiger charge is 2.21. The van der Waals surface area contributed by atoms with Gasteiger partial charge >= 0.3 is 0 Å². The molecule has 0 aliphatic heterocycles. The quantitative estimate of drug-likeness (QED) is 0.252. The van der Waals surface area contributed by atoms with Crippen LogP contribution in [0, 0.1) is 20.8 Å². The van der Waals surface area contributed by atoms with Crippen LogP contribution in [0.2, 0.25) is 0 Å². The SMILES string of the molecule is Cc1ccc(-c2cnc(-c3cc(C)cc4c3oc3nc(C)ccc34)c3ccc(C4CCCC4)cc23)cc1. The molecule has 0 bridgehead atoms. The van der Waals surface area contributed by atoms with Crippen LogP contribution in [0.1, 0.15) is 54.0 Å². The molecule has 3 heteroatoms. The fourth-order valence-electron chi connectivity index (χ4n) is 6.12. The molecule has 1 aliphatic carbocycles. The molecule has 0 radical (unpaired) electrons. The second-order valence-electron chi connectivity index (χ2n) is 10.8. The Bertz CT molecular complexity index is 1800. The number of rotatable bonds is 3. The smallest absolute Gasteiger partial charge is 0.227 e. The Morgan fingerprint density at radius 3 is 2.30 bits per heavy atom. The van der Waals surface area contributed by atoms with E-state index in [1.54, 1.807) is 0 Å². The third-order valence-corrected chi connectivity index (χ3v) is 8.08. The maximum atomic E-state index is 6.40. The van der Waals surface area contributed by atoms with E-state index in [4.69, 9.17) is 9.40 Å². The summed E-state index contributed by atoms with van der Waals surface area (Å²) >= 11 is 0. The minimum Gasteiger partial charge on any atom is -0.437 e. The number of fused-ring (bicyclic) bond motifs is 4. The Morgan fingerprint density at radius 1 is 0.703 bits per heavy atom. The topological polar surface area (TPSA) is 38.9 Å². The number of nitrogens with zero attached hydrogens (tertiary/aromatic N) is 2. The molecule has 1 saturated carbocycles. The van der Waals surface area contributed by atoms with Crippen molar-refractivity contribution < 1.29 is 4.42 Å². The minimum atomic E-state index is 0.655. The maximum absolute atomic E-state index is 6.40. The van der Waals surface area contributed by atoms with Crippen LogP contribution in [-0.2, 0) is 0 Å². The van der Waals surface area contributed by atoms with Gasteiger partial charge in [-0.3, -0.25) is 4.98 Å². The summed E-state index contributed by atoms with van der Waals surface area (Å²) in [5, 5.41) is 4.57. The van der Waals surface area contributed by atoms with Crippen molar-refractivity contribution in [3.8, 4) is 22.4 Å². The first-order chi connectivity index (χ1) is 18.0. The standard InChI is InChI=1S/C34H30N2O/c1-20-8-11-24(12-9-20)31-19-35-32(26-15-13-25(18-28(26)31)23-6-4-5-7-23)30-17-21(2)16-29-27-14-10-22(3)36-34(27)37-33(29)30/h8-19,23H,4-7H2,1-3H3. The fourth-order valence-corrected chi connectivity index (χ4v) is 6.12. The number of benzene rings is 3. The highest BCUT2D eigenvalue weighted by atomic mass is 16.3. The van der Waals surface area contributed by atoms with Gasteiger partial charge in [0.25, 0.3) is 0 Å². The third kappa shape index (κ3) is 3.72. The summed E-state index contributed by atoms with van der Waals surface area (Å²) in [7, 11) is 0. The molecule has 0 spiro atoms. The fraction of sp³-hybridized carbons (Fsp3) is 0.235. The lowest BCUT2D eigenvalue weighted by Crippen LogP contribution is -1.96. The summed E-state index contributed by atoms with van der Waals surface area (Å²) in [6.45, 7) is 6.28. The molecule has 37 heavy (non-hydrogen) atoms. The zero-order valence-electron chi connectivity index (χ0n) is 21.6. The molecule has 3 nitrogen and oxygen atoms in total. The lowest BCUT2D eigenvalue weighted by Gasteiger charge is -2.16. The van der Waals surface area contributed by atoms with Crippen molar-refractivity contribution >= 4 is 32.8 Å². The van der Waals surface area contributed by atoms with Gasteiger partial charge in [-0.15, -0.1) is 0 Å². The average Bonchev–Trinajstić information content (AvgIpc) is 3.56. The van der Waals surface area contributed by atoms with Crippen molar-refractivity contribution in [3.05, 3.63) is 95.3 Å². The summed E-state index contributed by atoms with van der Waals surface area (Å²) in [6.07, 6.45) is 7.28. The van der Waals surface area contributed by atoms with E-state index in [0.717, 1.165) is 38.7 Å². The molecule has 0 atom stereocenters. The first-order valence-electron chi connectivity index (χ1n) is 13.4. The molecular weight excluding hydrogens is 452 g/mol. The van der Waals surface area contributed by atoms with Gasteiger partial charge in [-0.1, -0.05) is 60.9 Å². The van der Waals surface area contributed by atoms with E-state index in [1.807, 2.05) is 13.0 Å². The van der Waals surface area contributed by atoms with E-state index >= 15 is 0 Å². The van der Waals surface area contributed by atoms with Gasteiger partial charge in [-0.05, 0) is 85.9 Å². The number of hydrogen-bond acceptors (Lipinski definition) is 3. The number of pyridine rings is 2. The van der Waals surface area contributed by atoms with Crippen LogP contribution in [0.3, 0.4) is 0 Å². The lowest BCUT2D eigenvalue weighted by atomic mass is 9.90. The van der Waals surface area contributed by atoms with Crippen molar-refractivity contribution in [1.29, 1.82) is 0 Å². The van der Waals surface area contributed by atoms with Crippen molar-refractivity contribution in [1.82, 2.24) is 9.97 Å². The maximum Gasteiger partial charge on any atom is 0.227 e. The summed E-state index contributed by atoms with van der Waals surface area (Å²) in [5.41, 5.74) is 10.8. The van der Waals surface area contributed by atoms with Gasteiger partial charge in [0, 0.05) is 39.2 Å². The number of aromatic nitrogens is 2. The van der Waals surface area contributed by atoms with Crippen LogP contribution in [-0.4, -0.2) is 9.97 Å². The van der Waals surface area contributed by atoms with Crippen molar-refractivity contribution in [3.63, 3.8) is 0 Å². The molecule has 3 aromatic heterocycles. The van der Waals surface area contributed by atoms with E-state index in [9.17, 15) is 0 Å². The Hall–Kier alpha value is -3.98. The van der Waals surface area contributed by atoms with Gasteiger partial charge in [0.15, 0.2) is 0 Å². The number of furan rings is 1. The molecule has 3 aromatic carbocycles. The molecular formula is C34H30N2O. The van der Waals surface area contributed by atoms with Crippen molar-refractivity contribution in [2.45, 2.75) is 52.4 Å². The molecule has 0 unspecified atom stereocenters. The Balaban J connectivity index is 1.51. The van der Waals surface area contributed by atoms with Gasteiger partial charge in [0.2, 0.25) is 5.71 Å². The Morgan fingerprint density at radius 2 is 1.49 bits per heavy atom. The van der Waals surface area contributed by atoms with Gasteiger partial charge in [0.1, 0.15) is 5.58 Å². The van der Waals surface area contributed by atoms with Gasteiger partial charge in [-0.2, -0.15) is 0 Å². The van der Waals surface area contributed by atoms with Crippen LogP contribution in [0.15, 0.2) is 77.3 Å². The van der Waals surface area contributed by atoms with Crippen LogP contribution in [0.4, 0.5) is 0 Å². The second kappa shape index (κ2) is 8.55. The molecule has 0 N–H and O–H groups in total. The van der Waals surface area contributed by atoms with Crippen LogP contribution in [0.25, 0.3) is 55.2 Å². The highest BCUT2D eigenvalue weighted by Crippen LogP contribution is 2.42. The second-order valence-corrected chi connectivity index (χ2v) is 10.8. The average molecular weight is 483 g/mol. The van der Waals surface area contributed by atoms with Crippen molar-refractivity contribution in [2.24, 2.45) is 0 Å². The van der Waals surface area contributed by atoms with E-state index in [2.05, 4.69) is 85.7 Å². The Labute approximate surface area is 217 Å². The summed E-state index contributed by atoms with van der Waals surface area (Å²) in [5.74, 6) is 0.655. The van der Waals surface area contributed by atoms with E-state index in [1.165, 1.54) is 58.9 Å². The van der Waals surface area contributed by atoms with Crippen LogP contribution in [0.5, 0.6) is 0 Å². The van der Waals surface area contributed by atoms with E-state index in [0.29, 0.717) is 11.6 Å². The van der Waals surface area contributed by atoms with E-state index < -0.39 is 0 Å². The van der Waals surface area contributed by atoms with Crippen LogP contribution < -0.4 is 0 Å². The molecule has 1 fully saturated rings. The summed E-state index contributed by atoms with van der Waals surface area (Å²) < 4.78 is 6.40. The summed E-state index contributed by atoms with van der Waals surface area (Å²) in [6, 6.07) is 24.4. The molecule has 0 saturated heterocycles. The van der Waals surface area contributed by atoms with Gasteiger partial charge in [0.05, 0.1) is 5.69 Å². The third-order valence-electron chi connectivity index (χ3n) is 8.08. The molecule has 0 amide bonds. The minimum absolute atomic E-state index is 0.655.